The number of methoxy groups -OCH3 is 1. The summed E-state index contributed by atoms with van der Waals surface area (Å²) in [5.74, 6) is 1.93. The van der Waals surface area contributed by atoms with Crippen molar-refractivity contribution in [2.75, 3.05) is 50.5 Å². The molecule has 2 heterocycles. The predicted molar refractivity (Wildman–Crippen MR) is 122 cm³/mol. The van der Waals surface area contributed by atoms with Crippen molar-refractivity contribution in [2.45, 2.75) is 57.0 Å². The van der Waals surface area contributed by atoms with Gasteiger partial charge in [-0.05, 0) is 30.5 Å². The topological polar surface area (TPSA) is 44.8 Å². The van der Waals surface area contributed by atoms with Gasteiger partial charge < -0.3 is 15.0 Å². The number of piperazine rings is 1. The van der Waals surface area contributed by atoms with Crippen molar-refractivity contribution in [1.29, 1.82) is 0 Å². The molecule has 1 saturated heterocycles. The van der Waals surface area contributed by atoms with Crippen molar-refractivity contribution < 1.29 is 9.53 Å². The number of fused-ring (bicyclic) bond motifs is 1. The molecule has 3 rings (SSSR count). The number of hydrogen-bond donors (Lipinski definition) is 1. The number of amides is 1. The first-order valence-corrected chi connectivity index (χ1v) is 11.7. The first-order chi connectivity index (χ1) is 13.7. The highest BCUT2D eigenvalue weighted by molar-refractivity contribution is 7.99. The van der Waals surface area contributed by atoms with Crippen LogP contribution in [0.15, 0.2) is 23.1 Å². The van der Waals surface area contributed by atoms with E-state index in [0.29, 0.717) is 25.1 Å². The Hall–Kier alpha value is -1.08. The standard InChI is InChI=1S/C23H37N3O2S/c1-16(2)14-29-19-7-8-20-21(9-19)26(15-23(20,4)5)22(27)12-25-11-17(3)24-10-18(25)13-28-6/h7-9,16-18,24H,10-15H2,1-6H3/t17-,18-/m1/s1. The Morgan fingerprint density at radius 3 is 2.83 bits per heavy atom. The van der Waals surface area contributed by atoms with Gasteiger partial charge in [0.1, 0.15) is 0 Å². The minimum atomic E-state index is -0.0189. The van der Waals surface area contributed by atoms with Crippen molar-refractivity contribution in [1.82, 2.24) is 10.2 Å². The maximum Gasteiger partial charge on any atom is 0.241 e. The molecule has 2 aliphatic heterocycles. The van der Waals surface area contributed by atoms with E-state index in [0.717, 1.165) is 31.1 Å². The summed E-state index contributed by atoms with van der Waals surface area (Å²) in [4.78, 5) is 19.0. The van der Waals surface area contributed by atoms with Gasteiger partial charge in [-0.3, -0.25) is 9.69 Å². The van der Waals surface area contributed by atoms with Crippen molar-refractivity contribution in [3.8, 4) is 0 Å². The van der Waals surface area contributed by atoms with Gasteiger partial charge >= 0.3 is 0 Å². The molecule has 0 unspecified atom stereocenters. The highest BCUT2D eigenvalue weighted by Crippen LogP contribution is 2.42. The van der Waals surface area contributed by atoms with Crippen LogP contribution in [0, 0.1) is 5.92 Å². The lowest BCUT2D eigenvalue weighted by Gasteiger charge is -2.39. The fourth-order valence-electron chi connectivity index (χ4n) is 4.29. The summed E-state index contributed by atoms with van der Waals surface area (Å²) < 4.78 is 5.40. The van der Waals surface area contributed by atoms with Gasteiger partial charge in [0.25, 0.3) is 0 Å². The Labute approximate surface area is 180 Å². The molecule has 1 aromatic carbocycles. The molecule has 0 saturated carbocycles. The molecule has 2 aliphatic rings. The first-order valence-electron chi connectivity index (χ1n) is 10.8. The van der Waals surface area contributed by atoms with Gasteiger partial charge in [-0.1, -0.05) is 33.8 Å². The molecule has 1 N–H and O–H groups in total. The second kappa shape index (κ2) is 9.38. The summed E-state index contributed by atoms with van der Waals surface area (Å²) in [5, 5.41) is 3.50. The molecule has 0 spiro atoms. The second-order valence-corrected chi connectivity index (χ2v) is 10.7. The molecule has 1 fully saturated rings. The molecule has 0 aromatic heterocycles. The average Bonchev–Trinajstić information content (AvgIpc) is 2.93. The Balaban J connectivity index is 1.78. The van der Waals surface area contributed by atoms with Gasteiger partial charge in [-0.25, -0.2) is 0 Å². The van der Waals surface area contributed by atoms with E-state index in [2.05, 4.69) is 63.0 Å². The predicted octanol–water partition coefficient (Wildman–Crippen LogP) is 3.37. The van der Waals surface area contributed by atoms with E-state index >= 15 is 0 Å². The lowest BCUT2D eigenvalue weighted by Crippen LogP contribution is -2.59. The number of thioether (sulfide) groups is 1. The van der Waals surface area contributed by atoms with Crippen LogP contribution < -0.4 is 10.2 Å². The highest BCUT2D eigenvalue weighted by Gasteiger charge is 2.39. The summed E-state index contributed by atoms with van der Waals surface area (Å²) in [6.45, 7) is 14.7. The number of nitrogens with zero attached hydrogens (tertiary/aromatic N) is 2. The summed E-state index contributed by atoms with van der Waals surface area (Å²) in [7, 11) is 1.73. The fourth-order valence-corrected chi connectivity index (χ4v) is 5.17. The number of ether oxygens (including phenoxy) is 1. The molecular formula is C23H37N3O2S. The molecule has 0 bridgehead atoms. The van der Waals surface area contributed by atoms with Crippen LogP contribution in [0.2, 0.25) is 0 Å². The van der Waals surface area contributed by atoms with Gasteiger partial charge in [0.2, 0.25) is 5.91 Å². The van der Waals surface area contributed by atoms with Crippen LogP contribution in [0.1, 0.15) is 40.2 Å². The number of anilines is 1. The van der Waals surface area contributed by atoms with Crippen LogP contribution >= 0.6 is 11.8 Å². The van der Waals surface area contributed by atoms with Gasteiger partial charge in [0, 0.05) is 60.6 Å². The zero-order valence-electron chi connectivity index (χ0n) is 18.8. The maximum atomic E-state index is 13.4. The van der Waals surface area contributed by atoms with Gasteiger partial charge in [-0.15, -0.1) is 11.8 Å². The lowest BCUT2D eigenvalue weighted by atomic mass is 9.87. The smallest absolute Gasteiger partial charge is 0.241 e. The van der Waals surface area contributed by atoms with Crippen LogP contribution in [-0.2, 0) is 14.9 Å². The molecule has 29 heavy (non-hydrogen) atoms. The number of benzene rings is 1. The van der Waals surface area contributed by atoms with Gasteiger partial charge in [-0.2, -0.15) is 0 Å². The van der Waals surface area contributed by atoms with E-state index in [-0.39, 0.29) is 17.4 Å². The quantitative estimate of drug-likeness (QED) is 0.687. The van der Waals surface area contributed by atoms with E-state index in [1.165, 1.54) is 10.5 Å². The van der Waals surface area contributed by atoms with E-state index < -0.39 is 0 Å². The molecule has 6 heteroatoms. The Morgan fingerprint density at radius 2 is 2.14 bits per heavy atom. The fraction of sp³-hybridized carbons (Fsp3) is 0.696. The Bertz CT molecular complexity index is 722. The number of hydrogen-bond acceptors (Lipinski definition) is 5. The number of rotatable bonds is 7. The Kier molecular flexibility index (Phi) is 7.31. The van der Waals surface area contributed by atoms with E-state index in [1.807, 2.05) is 16.7 Å². The third-order valence-corrected chi connectivity index (χ3v) is 7.27. The monoisotopic (exact) mass is 419 g/mol. The minimum Gasteiger partial charge on any atom is -0.383 e. The van der Waals surface area contributed by atoms with Crippen LogP contribution in [-0.4, -0.2) is 68.5 Å². The van der Waals surface area contributed by atoms with Gasteiger partial charge in [0.15, 0.2) is 0 Å². The third kappa shape index (κ3) is 5.35. The van der Waals surface area contributed by atoms with Crippen molar-refractivity contribution in [2.24, 2.45) is 5.92 Å². The zero-order chi connectivity index (χ0) is 21.2. The second-order valence-electron chi connectivity index (χ2n) is 9.60. The molecule has 0 radical (unpaired) electrons. The molecule has 162 valence electrons. The molecule has 2 atom stereocenters. The third-order valence-electron chi connectivity index (χ3n) is 5.85. The number of carbonyl (C=O) groups excluding carboxylic acids is 1. The lowest BCUT2D eigenvalue weighted by molar-refractivity contribution is -0.121. The Morgan fingerprint density at radius 1 is 1.38 bits per heavy atom. The average molecular weight is 420 g/mol. The van der Waals surface area contributed by atoms with Crippen LogP contribution in [0.5, 0.6) is 0 Å². The molecule has 1 amide bonds. The largest absolute Gasteiger partial charge is 0.383 e. The van der Waals surface area contributed by atoms with Gasteiger partial charge in [0.05, 0.1) is 13.2 Å². The van der Waals surface area contributed by atoms with Crippen LogP contribution in [0.3, 0.4) is 0 Å². The maximum absolute atomic E-state index is 13.4. The van der Waals surface area contributed by atoms with E-state index in [9.17, 15) is 4.79 Å². The van der Waals surface area contributed by atoms with Crippen molar-refractivity contribution in [3.05, 3.63) is 23.8 Å². The zero-order valence-corrected chi connectivity index (χ0v) is 19.6. The minimum absolute atomic E-state index is 0.0189. The SMILES string of the molecule is COC[C@H]1CN[C@H](C)CN1CC(=O)N1CC(C)(C)c2ccc(SCC(C)C)cc21. The highest BCUT2D eigenvalue weighted by atomic mass is 32.2. The van der Waals surface area contributed by atoms with Crippen LogP contribution in [0.25, 0.3) is 0 Å². The number of nitrogens with one attached hydrogen (secondary N) is 1. The van der Waals surface area contributed by atoms with Crippen LogP contribution in [0.4, 0.5) is 5.69 Å². The van der Waals surface area contributed by atoms with Crippen molar-refractivity contribution >= 4 is 23.4 Å². The normalized spacial score (nSPS) is 24.2. The van der Waals surface area contributed by atoms with E-state index in [1.54, 1.807) is 7.11 Å². The molecule has 5 nitrogen and oxygen atoms in total. The molecule has 0 aliphatic carbocycles. The summed E-state index contributed by atoms with van der Waals surface area (Å²) >= 11 is 1.88. The van der Waals surface area contributed by atoms with Crippen molar-refractivity contribution in [3.63, 3.8) is 0 Å². The first kappa shape index (κ1) is 22.6. The summed E-state index contributed by atoms with van der Waals surface area (Å²) in [6.07, 6.45) is 0. The van der Waals surface area contributed by atoms with E-state index in [4.69, 9.17) is 4.74 Å². The summed E-state index contributed by atoms with van der Waals surface area (Å²) in [5.41, 5.74) is 2.36. The summed E-state index contributed by atoms with van der Waals surface area (Å²) in [6, 6.07) is 7.29. The number of carbonyl (C=O) groups is 1. The molecular weight excluding hydrogens is 382 g/mol. The molecule has 1 aromatic rings.